The maximum atomic E-state index is 12.6. The maximum absolute atomic E-state index is 12.6. The molecule has 0 aromatic heterocycles. The SMILES string of the molecule is Cc1ccc(C(=O)N2CCC(NC(=O)c3cc(N)ccc3C)CC2)cc1.Cl. The standard InChI is InChI=1S/C21H25N3O2.ClH/c1-14-3-6-16(7-4-14)21(26)24-11-9-18(10-12-24)23-20(25)19-13-17(22)8-5-15(19)2;/h3-8,13,18H,9-12,22H2,1-2H3,(H,23,25);1H. The molecule has 0 saturated carbocycles. The number of likely N-dealkylation sites (tertiary alicyclic amines) is 1. The van der Waals surface area contributed by atoms with E-state index in [-0.39, 0.29) is 30.3 Å². The molecule has 1 fully saturated rings. The Balaban J connectivity index is 0.00000261. The van der Waals surface area contributed by atoms with Gasteiger partial charge in [0.1, 0.15) is 0 Å². The minimum absolute atomic E-state index is 0. The zero-order valence-corrected chi connectivity index (χ0v) is 16.5. The first-order valence-corrected chi connectivity index (χ1v) is 8.97. The molecule has 0 bridgehead atoms. The highest BCUT2D eigenvalue weighted by molar-refractivity contribution is 5.97. The van der Waals surface area contributed by atoms with Crippen molar-refractivity contribution < 1.29 is 9.59 Å². The van der Waals surface area contributed by atoms with E-state index in [0.29, 0.717) is 29.9 Å². The van der Waals surface area contributed by atoms with Crippen molar-refractivity contribution >= 4 is 29.9 Å². The number of nitrogens with two attached hydrogens (primary N) is 1. The number of rotatable bonds is 3. The third kappa shape index (κ3) is 5.01. The first kappa shape index (κ1) is 20.8. The van der Waals surface area contributed by atoms with Crippen LogP contribution in [0.15, 0.2) is 42.5 Å². The summed E-state index contributed by atoms with van der Waals surface area (Å²) in [7, 11) is 0. The van der Waals surface area contributed by atoms with Crippen molar-refractivity contribution in [1.29, 1.82) is 0 Å². The molecule has 6 heteroatoms. The lowest BCUT2D eigenvalue weighted by Gasteiger charge is -2.32. The molecule has 1 heterocycles. The number of benzene rings is 2. The van der Waals surface area contributed by atoms with Gasteiger partial charge in [0.15, 0.2) is 0 Å². The van der Waals surface area contributed by atoms with Crippen molar-refractivity contribution in [3.05, 3.63) is 64.7 Å². The molecule has 0 radical (unpaired) electrons. The highest BCUT2D eigenvalue weighted by atomic mass is 35.5. The van der Waals surface area contributed by atoms with Crippen molar-refractivity contribution in [1.82, 2.24) is 10.2 Å². The van der Waals surface area contributed by atoms with E-state index in [1.54, 1.807) is 12.1 Å². The van der Waals surface area contributed by atoms with Crippen LogP contribution in [0.1, 0.15) is 44.7 Å². The fourth-order valence-electron chi connectivity index (χ4n) is 3.25. The molecule has 0 aliphatic carbocycles. The Labute approximate surface area is 166 Å². The second kappa shape index (κ2) is 8.91. The Morgan fingerprint density at radius 1 is 1.04 bits per heavy atom. The monoisotopic (exact) mass is 387 g/mol. The molecule has 3 N–H and O–H groups in total. The number of carbonyl (C=O) groups excluding carboxylic acids is 2. The molecule has 1 aliphatic rings. The van der Waals surface area contributed by atoms with Gasteiger partial charge in [-0.05, 0) is 56.5 Å². The van der Waals surface area contributed by atoms with E-state index < -0.39 is 0 Å². The number of nitrogens with one attached hydrogen (secondary N) is 1. The van der Waals surface area contributed by atoms with Gasteiger partial charge in [0, 0.05) is 35.9 Å². The van der Waals surface area contributed by atoms with Crippen LogP contribution in [0.2, 0.25) is 0 Å². The number of nitrogen functional groups attached to an aromatic ring is 1. The summed E-state index contributed by atoms with van der Waals surface area (Å²) in [4.78, 5) is 26.9. The number of amides is 2. The average molecular weight is 388 g/mol. The molecule has 2 amide bonds. The minimum Gasteiger partial charge on any atom is -0.399 e. The predicted octanol–water partition coefficient (Wildman–Crippen LogP) is 3.34. The van der Waals surface area contributed by atoms with E-state index in [9.17, 15) is 9.59 Å². The lowest BCUT2D eigenvalue weighted by molar-refractivity contribution is 0.0698. The van der Waals surface area contributed by atoms with E-state index in [1.807, 2.05) is 49.1 Å². The van der Waals surface area contributed by atoms with Crippen LogP contribution in [0.3, 0.4) is 0 Å². The summed E-state index contributed by atoms with van der Waals surface area (Å²) >= 11 is 0. The second-order valence-corrected chi connectivity index (χ2v) is 6.98. The van der Waals surface area contributed by atoms with Gasteiger partial charge >= 0.3 is 0 Å². The third-order valence-corrected chi connectivity index (χ3v) is 4.92. The topological polar surface area (TPSA) is 75.4 Å². The molecule has 0 atom stereocenters. The van der Waals surface area contributed by atoms with E-state index in [4.69, 9.17) is 5.73 Å². The van der Waals surface area contributed by atoms with Crippen molar-refractivity contribution in [2.75, 3.05) is 18.8 Å². The summed E-state index contributed by atoms with van der Waals surface area (Å²) in [5, 5.41) is 3.08. The van der Waals surface area contributed by atoms with Crippen LogP contribution in [0.4, 0.5) is 5.69 Å². The van der Waals surface area contributed by atoms with Crippen LogP contribution in [-0.2, 0) is 0 Å². The van der Waals surface area contributed by atoms with E-state index in [0.717, 1.165) is 24.0 Å². The smallest absolute Gasteiger partial charge is 0.253 e. The van der Waals surface area contributed by atoms with Crippen LogP contribution < -0.4 is 11.1 Å². The van der Waals surface area contributed by atoms with Crippen molar-refractivity contribution in [2.45, 2.75) is 32.7 Å². The molecule has 144 valence electrons. The largest absolute Gasteiger partial charge is 0.399 e. The Morgan fingerprint density at radius 2 is 1.67 bits per heavy atom. The van der Waals surface area contributed by atoms with Crippen LogP contribution in [0, 0.1) is 13.8 Å². The predicted molar refractivity (Wildman–Crippen MR) is 110 cm³/mol. The van der Waals surface area contributed by atoms with Crippen molar-refractivity contribution in [3.8, 4) is 0 Å². The zero-order chi connectivity index (χ0) is 18.7. The number of hydrogen-bond donors (Lipinski definition) is 2. The summed E-state index contributed by atoms with van der Waals surface area (Å²) in [5.74, 6) is -0.0421. The van der Waals surface area contributed by atoms with Gasteiger partial charge in [0.25, 0.3) is 11.8 Å². The van der Waals surface area contributed by atoms with Crippen LogP contribution in [0.5, 0.6) is 0 Å². The van der Waals surface area contributed by atoms with Gasteiger partial charge < -0.3 is 16.0 Å². The van der Waals surface area contributed by atoms with Gasteiger partial charge in [0.2, 0.25) is 0 Å². The minimum atomic E-state index is -0.0990. The number of aryl methyl sites for hydroxylation is 2. The van der Waals surface area contributed by atoms with Crippen molar-refractivity contribution in [2.24, 2.45) is 0 Å². The normalized spacial score (nSPS) is 14.4. The number of hydrogen-bond acceptors (Lipinski definition) is 3. The molecule has 0 spiro atoms. The number of halogens is 1. The number of piperidine rings is 1. The van der Waals surface area contributed by atoms with Crippen LogP contribution in [0.25, 0.3) is 0 Å². The van der Waals surface area contributed by atoms with E-state index >= 15 is 0 Å². The molecule has 27 heavy (non-hydrogen) atoms. The molecule has 2 aromatic carbocycles. The van der Waals surface area contributed by atoms with Gasteiger partial charge in [-0.15, -0.1) is 12.4 Å². The molecule has 3 rings (SSSR count). The first-order chi connectivity index (χ1) is 12.4. The van der Waals surface area contributed by atoms with Crippen LogP contribution >= 0.6 is 12.4 Å². The summed E-state index contributed by atoms with van der Waals surface area (Å²) in [5.41, 5.74) is 9.75. The average Bonchev–Trinajstić information content (AvgIpc) is 2.64. The van der Waals surface area contributed by atoms with E-state index in [1.165, 1.54) is 0 Å². The third-order valence-electron chi connectivity index (χ3n) is 4.92. The summed E-state index contributed by atoms with van der Waals surface area (Å²) in [6.07, 6.45) is 1.51. The molecule has 1 saturated heterocycles. The van der Waals surface area contributed by atoms with Crippen LogP contribution in [-0.4, -0.2) is 35.8 Å². The van der Waals surface area contributed by atoms with E-state index in [2.05, 4.69) is 5.32 Å². The lowest BCUT2D eigenvalue weighted by atomic mass is 10.0. The Kier molecular flexibility index (Phi) is 6.86. The second-order valence-electron chi connectivity index (χ2n) is 6.98. The number of nitrogens with zero attached hydrogens (tertiary/aromatic N) is 1. The van der Waals surface area contributed by atoms with Gasteiger partial charge in [-0.1, -0.05) is 23.8 Å². The molecule has 1 aliphatic heterocycles. The summed E-state index contributed by atoms with van der Waals surface area (Å²) in [6, 6.07) is 13.1. The zero-order valence-electron chi connectivity index (χ0n) is 15.7. The van der Waals surface area contributed by atoms with Gasteiger partial charge in [-0.3, -0.25) is 9.59 Å². The summed E-state index contributed by atoms with van der Waals surface area (Å²) in [6.45, 7) is 5.20. The lowest BCUT2D eigenvalue weighted by Crippen LogP contribution is -2.46. The van der Waals surface area contributed by atoms with Gasteiger partial charge in [-0.25, -0.2) is 0 Å². The quantitative estimate of drug-likeness (QED) is 0.793. The number of carbonyl (C=O) groups is 2. The highest BCUT2D eigenvalue weighted by Crippen LogP contribution is 2.17. The molecule has 2 aromatic rings. The molecule has 5 nitrogen and oxygen atoms in total. The summed E-state index contributed by atoms with van der Waals surface area (Å²) < 4.78 is 0. The van der Waals surface area contributed by atoms with Gasteiger partial charge in [-0.2, -0.15) is 0 Å². The molecular formula is C21H26ClN3O2. The molecule has 0 unspecified atom stereocenters. The Hall–Kier alpha value is -2.53. The highest BCUT2D eigenvalue weighted by Gasteiger charge is 2.25. The van der Waals surface area contributed by atoms with Crippen molar-refractivity contribution in [3.63, 3.8) is 0 Å². The molecular weight excluding hydrogens is 362 g/mol. The first-order valence-electron chi connectivity index (χ1n) is 8.97. The maximum Gasteiger partial charge on any atom is 0.253 e. The Morgan fingerprint density at radius 3 is 2.30 bits per heavy atom. The van der Waals surface area contributed by atoms with Gasteiger partial charge in [0.05, 0.1) is 0 Å². The fraction of sp³-hybridized carbons (Fsp3) is 0.333. The fourth-order valence-corrected chi connectivity index (χ4v) is 3.25. The number of anilines is 1. The Bertz CT molecular complexity index is 813.